The molecule has 0 bridgehead atoms. The SMILES string of the molecule is CCOC(=O)C(=C(c1ccccc1)c1ccccc1)C(N)c1ccc(-c2ccoc2)nc1. The molecule has 0 saturated carbocycles. The molecule has 0 saturated heterocycles. The van der Waals surface area contributed by atoms with Crippen molar-refractivity contribution in [1.82, 2.24) is 4.98 Å². The first kappa shape index (κ1) is 21.3. The highest BCUT2D eigenvalue weighted by molar-refractivity contribution is 6.03. The zero-order chi connectivity index (χ0) is 22.3. The van der Waals surface area contributed by atoms with Crippen LogP contribution in [0.25, 0.3) is 16.8 Å². The van der Waals surface area contributed by atoms with Crippen LogP contribution in [0.1, 0.15) is 29.7 Å². The number of furan rings is 1. The van der Waals surface area contributed by atoms with Crippen LogP contribution in [-0.2, 0) is 9.53 Å². The van der Waals surface area contributed by atoms with E-state index in [0.29, 0.717) is 11.1 Å². The number of benzene rings is 2. The number of aromatic nitrogens is 1. The molecule has 2 aromatic heterocycles. The van der Waals surface area contributed by atoms with E-state index in [1.165, 1.54) is 0 Å². The summed E-state index contributed by atoms with van der Waals surface area (Å²) in [5, 5.41) is 0. The van der Waals surface area contributed by atoms with Crippen molar-refractivity contribution in [2.75, 3.05) is 6.61 Å². The molecule has 5 heteroatoms. The van der Waals surface area contributed by atoms with Crippen LogP contribution in [0.2, 0.25) is 0 Å². The van der Waals surface area contributed by atoms with Gasteiger partial charge in [0.1, 0.15) is 0 Å². The van der Waals surface area contributed by atoms with Gasteiger partial charge in [-0.25, -0.2) is 4.79 Å². The number of rotatable bonds is 7. The Bertz CT molecular complexity index is 1140. The largest absolute Gasteiger partial charge is 0.472 e. The van der Waals surface area contributed by atoms with Gasteiger partial charge in [-0.15, -0.1) is 0 Å². The quantitative estimate of drug-likeness (QED) is 0.317. The summed E-state index contributed by atoms with van der Waals surface area (Å²) in [5.41, 5.74) is 12.0. The Balaban J connectivity index is 1.86. The van der Waals surface area contributed by atoms with Crippen LogP contribution in [0, 0.1) is 0 Å². The van der Waals surface area contributed by atoms with Gasteiger partial charge >= 0.3 is 5.97 Å². The maximum atomic E-state index is 13.2. The predicted octanol–water partition coefficient (Wildman–Crippen LogP) is 5.41. The maximum absolute atomic E-state index is 13.2. The molecule has 4 aromatic rings. The molecule has 0 spiro atoms. The van der Waals surface area contributed by atoms with E-state index < -0.39 is 12.0 Å². The number of hydrogen-bond donors (Lipinski definition) is 1. The van der Waals surface area contributed by atoms with E-state index in [1.54, 1.807) is 25.6 Å². The molecule has 1 unspecified atom stereocenters. The number of nitrogens with zero attached hydrogens (tertiary/aromatic N) is 1. The van der Waals surface area contributed by atoms with Crippen LogP contribution in [0.4, 0.5) is 0 Å². The number of nitrogens with two attached hydrogens (primary N) is 1. The molecule has 0 aliphatic heterocycles. The van der Waals surface area contributed by atoms with Gasteiger partial charge in [0.25, 0.3) is 0 Å². The second-order valence-corrected chi connectivity index (χ2v) is 7.21. The summed E-state index contributed by atoms with van der Waals surface area (Å²) in [6.45, 7) is 2.04. The lowest BCUT2D eigenvalue weighted by molar-refractivity contribution is -0.138. The smallest absolute Gasteiger partial charge is 0.336 e. The second kappa shape index (κ2) is 9.90. The molecule has 2 heterocycles. The standard InChI is InChI=1S/C27H24N2O3/c1-2-32-27(30)25(24(19-9-5-3-6-10-19)20-11-7-4-8-12-20)26(28)21-13-14-23(29-17-21)22-15-16-31-18-22/h3-18,26H,2,28H2,1H3. The molecule has 2 N–H and O–H groups in total. The average Bonchev–Trinajstić information content (AvgIpc) is 3.38. The minimum atomic E-state index is -0.727. The van der Waals surface area contributed by atoms with Gasteiger partial charge in [0.15, 0.2) is 0 Å². The Morgan fingerprint density at radius 1 is 0.969 bits per heavy atom. The monoisotopic (exact) mass is 424 g/mol. The number of pyridine rings is 1. The van der Waals surface area contributed by atoms with Crippen molar-refractivity contribution in [3.05, 3.63) is 120 Å². The first-order valence-corrected chi connectivity index (χ1v) is 10.4. The van der Waals surface area contributed by atoms with E-state index in [1.807, 2.05) is 78.9 Å². The minimum absolute atomic E-state index is 0.254. The summed E-state index contributed by atoms with van der Waals surface area (Å²) < 4.78 is 10.6. The van der Waals surface area contributed by atoms with Crippen LogP contribution >= 0.6 is 0 Å². The Hall–Kier alpha value is -3.96. The number of carbonyl (C=O) groups excluding carboxylic acids is 1. The summed E-state index contributed by atoms with van der Waals surface area (Å²) in [4.78, 5) is 17.7. The number of esters is 1. The molecule has 5 nitrogen and oxygen atoms in total. The van der Waals surface area contributed by atoms with E-state index in [4.69, 9.17) is 14.9 Å². The van der Waals surface area contributed by atoms with Crippen molar-refractivity contribution < 1.29 is 13.9 Å². The van der Waals surface area contributed by atoms with Crippen molar-refractivity contribution >= 4 is 11.5 Å². The molecule has 0 aliphatic carbocycles. The third-order valence-corrected chi connectivity index (χ3v) is 5.16. The normalized spacial score (nSPS) is 11.6. The zero-order valence-corrected chi connectivity index (χ0v) is 17.8. The Morgan fingerprint density at radius 2 is 1.62 bits per heavy atom. The predicted molar refractivity (Wildman–Crippen MR) is 124 cm³/mol. The molecular formula is C27H24N2O3. The fraction of sp³-hybridized carbons (Fsp3) is 0.111. The van der Waals surface area contributed by atoms with E-state index >= 15 is 0 Å². The lowest BCUT2D eigenvalue weighted by atomic mass is 9.87. The second-order valence-electron chi connectivity index (χ2n) is 7.21. The molecule has 32 heavy (non-hydrogen) atoms. The van der Waals surface area contributed by atoms with Gasteiger partial charge in [-0.2, -0.15) is 0 Å². The van der Waals surface area contributed by atoms with Crippen LogP contribution in [0.15, 0.2) is 108 Å². The van der Waals surface area contributed by atoms with Crippen LogP contribution < -0.4 is 5.73 Å². The highest BCUT2D eigenvalue weighted by Gasteiger charge is 2.27. The lowest BCUT2D eigenvalue weighted by Crippen LogP contribution is -2.23. The summed E-state index contributed by atoms with van der Waals surface area (Å²) in [7, 11) is 0. The lowest BCUT2D eigenvalue weighted by Gasteiger charge is -2.21. The van der Waals surface area contributed by atoms with Gasteiger partial charge in [0.05, 0.1) is 36.4 Å². The fourth-order valence-electron chi connectivity index (χ4n) is 3.62. The fourth-order valence-corrected chi connectivity index (χ4v) is 3.62. The van der Waals surface area contributed by atoms with Crippen molar-refractivity contribution in [3.8, 4) is 11.3 Å². The maximum Gasteiger partial charge on any atom is 0.336 e. The molecule has 2 aromatic carbocycles. The van der Waals surface area contributed by atoms with Crippen molar-refractivity contribution in [1.29, 1.82) is 0 Å². The molecule has 0 aliphatic rings. The molecule has 4 rings (SSSR count). The molecule has 160 valence electrons. The Morgan fingerprint density at radius 3 is 2.12 bits per heavy atom. The van der Waals surface area contributed by atoms with Crippen LogP contribution in [0.5, 0.6) is 0 Å². The highest BCUT2D eigenvalue weighted by atomic mass is 16.5. The van der Waals surface area contributed by atoms with Gasteiger partial charge in [-0.3, -0.25) is 4.98 Å². The third-order valence-electron chi connectivity index (χ3n) is 5.16. The molecular weight excluding hydrogens is 400 g/mol. The van der Waals surface area contributed by atoms with Gasteiger partial charge in [-0.05, 0) is 35.7 Å². The van der Waals surface area contributed by atoms with E-state index in [2.05, 4.69) is 4.98 Å². The van der Waals surface area contributed by atoms with E-state index in [9.17, 15) is 4.79 Å². The summed E-state index contributed by atoms with van der Waals surface area (Å²) in [5.74, 6) is -0.443. The van der Waals surface area contributed by atoms with Gasteiger partial charge in [-0.1, -0.05) is 66.7 Å². The summed E-state index contributed by atoms with van der Waals surface area (Å²) >= 11 is 0. The van der Waals surface area contributed by atoms with Crippen molar-refractivity contribution in [2.24, 2.45) is 5.73 Å². The van der Waals surface area contributed by atoms with Gasteiger partial charge in [0, 0.05) is 17.3 Å². The van der Waals surface area contributed by atoms with Gasteiger partial charge in [0.2, 0.25) is 0 Å². The number of carbonyl (C=O) groups is 1. The Labute approximate surface area is 187 Å². The topological polar surface area (TPSA) is 78.4 Å². The Kier molecular flexibility index (Phi) is 6.58. The number of hydrogen-bond acceptors (Lipinski definition) is 5. The number of ether oxygens (including phenoxy) is 1. The molecule has 0 radical (unpaired) electrons. The van der Waals surface area contributed by atoms with Gasteiger partial charge < -0.3 is 14.9 Å². The third kappa shape index (κ3) is 4.53. The van der Waals surface area contributed by atoms with E-state index in [0.717, 1.165) is 28.0 Å². The van der Waals surface area contributed by atoms with Crippen molar-refractivity contribution in [3.63, 3.8) is 0 Å². The first-order valence-electron chi connectivity index (χ1n) is 10.4. The first-order chi connectivity index (χ1) is 15.7. The van der Waals surface area contributed by atoms with Crippen LogP contribution in [-0.4, -0.2) is 17.6 Å². The molecule has 0 amide bonds. The zero-order valence-electron chi connectivity index (χ0n) is 17.8. The average molecular weight is 425 g/mol. The molecule has 1 atom stereocenters. The summed E-state index contributed by atoms with van der Waals surface area (Å²) in [6.07, 6.45) is 4.93. The minimum Gasteiger partial charge on any atom is -0.472 e. The summed E-state index contributed by atoms with van der Waals surface area (Å²) in [6, 6.07) is 24.4. The molecule has 0 fully saturated rings. The van der Waals surface area contributed by atoms with Crippen molar-refractivity contribution in [2.45, 2.75) is 13.0 Å². The van der Waals surface area contributed by atoms with E-state index in [-0.39, 0.29) is 6.61 Å². The highest BCUT2D eigenvalue weighted by Crippen LogP contribution is 2.34. The van der Waals surface area contributed by atoms with Crippen LogP contribution in [0.3, 0.4) is 0 Å².